The van der Waals surface area contributed by atoms with E-state index in [2.05, 4.69) is 0 Å². The maximum Gasteiger partial charge on any atom is 0.207 e. The first kappa shape index (κ1) is 13.5. The lowest BCUT2D eigenvalue weighted by molar-refractivity contribution is -0.124. The molecule has 100 valence electrons. The first-order valence-electron chi connectivity index (χ1n) is 5.69. The summed E-state index contributed by atoms with van der Waals surface area (Å²) in [4.78, 5) is 35.7. The molecular weight excluding hydrogens is 260 g/mol. The Morgan fingerprint density at radius 2 is 1.15 bits per heavy atom. The second kappa shape index (κ2) is 5.36. The summed E-state index contributed by atoms with van der Waals surface area (Å²) in [6, 6.07) is 8.57. The van der Waals surface area contributed by atoms with Crippen LogP contribution in [0, 0.1) is 0 Å². The fraction of sp³-hybridized carbons (Fsp3) is 0. The summed E-state index contributed by atoms with van der Waals surface area (Å²) >= 11 is 0. The number of Topliss-reactive ketones (excluding diaryl/α,β-unsaturated/α-hetero) is 3. The van der Waals surface area contributed by atoms with Crippen LogP contribution in [0.2, 0.25) is 0 Å². The molecule has 5 heteroatoms. The van der Waals surface area contributed by atoms with Crippen molar-refractivity contribution >= 4 is 23.4 Å². The van der Waals surface area contributed by atoms with Gasteiger partial charge in [0.1, 0.15) is 11.1 Å². The number of hydrogen-bond donors (Lipinski definition) is 2. The van der Waals surface area contributed by atoms with Gasteiger partial charge in [0.05, 0.1) is 18.1 Å². The molecule has 2 rings (SSSR count). The van der Waals surface area contributed by atoms with E-state index < -0.39 is 28.5 Å². The Morgan fingerprint density at radius 3 is 1.60 bits per heavy atom. The first-order chi connectivity index (χ1) is 9.60. The molecule has 0 unspecified atom stereocenters. The van der Waals surface area contributed by atoms with E-state index >= 15 is 0 Å². The lowest BCUT2D eigenvalue weighted by Gasteiger charge is -2.15. The monoisotopic (exact) mass is 270 g/mol. The molecule has 20 heavy (non-hydrogen) atoms. The lowest BCUT2D eigenvalue weighted by atomic mass is 9.83. The number of ketones is 3. The van der Waals surface area contributed by atoms with Gasteiger partial charge < -0.3 is 10.2 Å². The molecule has 0 aliphatic heterocycles. The first-order valence-corrected chi connectivity index (χ1v) is 5.69. The smallest absolute Gasteiger partial charge is 0.207 e. The third-order valence-corrected chi connectivity index (χ3v) is 2.84. The summed E-state index contributed by atoms with van der Waals surface area (Å²) in [5, 5.41) is 17.9. The highest BCUT2D eigenvalue weighted by molar-refractivity contribution is 6.52. The largest absolute Gasteiger partial charge is 0.515 e. The third kappa shape index (κ3) is 2.16. The van der Waals surface area contributed by atoms with Crippen molar-refractivity contribution in [3.05, 3.63) is 65.1 Å². The Morgan fingerprint density at radius 1 is 0.700 bits per heavy atom. The highest BCUT2D eigenvalue weighted by Gasteiger charge is 2.38. The van der Waals surface area contributed by atoms with Crippen LogP contribution in [0.3, 0.4) is 0 Å². The predicted molar refractivity (Wildman–Crippen MR) is 70.9 cm³/mol. The molecule has 0 amide bonds. The van der Waals surface area contributed by atoms with E-state index in [9.17, 15) is 14.4 Å². The van der Waals surface area contributed by atoms with E-state index in [4.69, 9.17) is 10.2 Å². The van der Waals surface area contributed by atoms with Gasteiger partial charge in [0, 0.05) is 0 Å². The van der Waals surface area contributed by atoms with Crippen LogP contribution >= 0.6 is 0 Å². The number of aliphatic hydroxyl groups is 2. The van der Waals surface area contributed by atoms with Gasteiger partial charge in [-0.1, -0.05) is 30.3 Å². The summed E-state index contributed by atoms with van der Waals surface area (Å²) in [5.74, 6) is -2.72. The SMILES string of the molecule is O=C1C(=Cc2ccccc2)C(=O)/C(=C\O)C(=O)/C1=C\O. The summed E-state index contributed by atoms with van der Waals surface area (Å²) in [6.07, 6.45) is 2.00. The van der Waals surface area contributed by atoms with Crippen molar-refractivity contribution in [2.45, 2.75) is 0 Å². The average molecular weight is 270 g/mol. The van der Waals surface area contributed by atoms with Gasteiger partial charge in [-0.3, -0.25) is 14.4 Å². The minimum atomic E-state index is -0.991. The number of carbonyl (C=O) groups excluding carboxylic acids is 3. The maximum absolute atomic E-state index is 12.0. The van der Waals surface area contributed by atoms with Gasteiger partial charge >= 0.3 is 0 Å². The van der Waals surface area contributed by atoms with Gasteiger partial charge in [0.2, 0.25) is 17.3 Å². The Balaban J connectivity index is 2.58. The highest BCUT2D eigenvalue weighted by atomic mass is 16.2. The molecule has 0 spiro atoms. The van der Waals surface area contributed by atoms with Crippen LogP contribution in [-0.4, -0.2) is 27.6 Å². The molecule has 2 N–H and O–H groups in total. The van der Waals surface area contributed by atoms with Crippen molar-refractivity contribution in [3.63, 3.8) is 0 Å². The van der Waals surface area contributed by atoms with Crippen molar-refractivity contribution in [2.75, 3.05) is 0 Å². The minimum Gasteiger partial charge on any atom is -0.515 e. The molecule has 0 atom stereocenters. The number of benzene rings is 1. The zero-order chi connectivity index (χ0) is 14.7. The van der Waals surface area contributed by atoms with Crippen LogP contribution in [0.5, 0.6) is 0 Å². The van der Waals surface area contributed by atoms with E-state index in [1.165, 1.54) is 6.08 Å². The molecule has 0 bridgehead atoms. The molecule has 1 aromatic rings. The third-order valence-electron chi connectivity index (χ3n) is 2.84. The van der Waals surface area contributed by atoms with Gasteiger partial charge in [-0.15, -0.1) is 0 Å². The summed E-state index contributed by atoms with van der Waals surface area (Å²) in [6.45, 7) is 0. The van der Waals surface area contributed by atoms with Crippen molar-refractivity contribution in [1.82, 2.24) is 0 Å². The van der Waals surface area contributed by atoms with E-state index in [1.807, 2.05) is 0 Å². The zero-order valence-electron chi connectivity index (χ0n) is 10.2. The van der Waals surface area contributed by atoms with Crippen molar-refractivity contribution in [1.29, 1.82) is 0 Å². The van der Waals surface area contributed by atoms with Crippen LogP contribution in [0.25, 0.3) is 6.08 Å². The van der Waals surface area contributed by atoms with Gasteiger partial charge in [0.15, 0.2) is 0 Å². The summed E-state index contributed by atoms with van der Waals surface area (Å²) in [7, 11) is 0. The Kier molecular flexibility index (Phi) is 3.61. The maximum atomic E-state index is 12.0. The van der Waals surface area contributed by atoms with Crippen LogP contribution in [0.1, 0.15) is 5.56 Å². The van der Waals surface area contributed by atoms with Crippen molar-refractivity contribution in [2.24, 2.45) is 0 Å². The number of hydrogen-bond acceptors (Lipinski definition) is 5. The summed E-state index contributed by atoms with van der Waals surface area (Å²) in [5.41, 5.74) is -0.788. The average Bonchev–Trinajstić information content (AvgIpc) is 2.46. The van der Waals surface area contributed by atoms with Gasteiger partial charge in [-0.05, 0) is 11.6 Å². The topological polar surface area (TPSA) is 91.7 Å². The van der Waals surface area contributed by atoms with Crippen LogP contribution in [0.15, 0.2) is 59.6 Å². The van der Waals surface area contributed by atoms with Gasteiger partial charge in [-0.2, -0.15) is 0 Å². The fourth-order valence-electron chi connectivity index (χ4n) is 1.83. The fourth-order valence-corrected chi connectivity index (χ4v) is 1.83. The number of aliphatic hydroxyl groups excluding tert-OH is 2. The van der Waals surface area contributed by atoms with Crippen LogP contribution in [0.4, 0.5) is 0 Å². The zero-order valence-corrected chi connectivity index (χ0v) is 10.2. The lowest BCUT2D eigenvalue weighted by Crippen LogP contribution is -2.31. The summed E-state index contributed by atoms with van der Waals surface area (Å²) < 4.78 is 0. The van der Waals surface area contributed by atoms with E-state index in [0.29, 0.717) is 18.1 Å². The molecular formula is C15H10O5. The van der Waals surface area contributed by atoms with Crippen LogP contribution < -0.4 is 0 Å². The van der Waals surface area contributed by atoms with Crippen LogP contribution in [-0.2, 0) is 14.4 Å². The predicted octanol–water partition coefficient (Wildman–Crippen LogP) is 1.67. The molecule has 0 saturated heterocycles. The standard InChI is InChI=1S/C15H10O5/c16-7-11-13(18)10(6-9-4-2-1-3-5-9)14(19)12(8-17)15(11)20/h1-8,16-17H/b10-6?,11-7-,12-8+. The van der Waals surface area contributed by atoms with Crippen molar-refractivity contribution < 1.29 is 24.6 Å². The van der Waals surface area contributed by atoms with Gasteiger partial charge in [0.25, 0.3) is 0 Å². The second-order valence-corrected chi connectivity index (χ2v) is 4.04. The number of carbonyl (C=O) groups is 3. The number of rotatable bonds is 1. The second-order valence-electron chi connectivity index (χ2n) is 4.04. The Bertz CT molecular complexity index is 641. The molecule has 1 aliphatic carbocycles. The normalized spacial score (nSPS) is 22.0. The quantitative estimate of drug-likeness (QED) is 0.460. The highest BCUT2D eigenvalue weighted by Crippen LogP contribution is 2.24. The molecule has 1 saturated carbocycles. The Labute approximate surface area is 114 Å². The molecule has 1 aliphatic rings. The molecule has 0 heterocycles. The molecule has 5 nitrogen and oxygen atoms in total. The number of allylic oxidation sites excluding steroid dienone is 3. The molecule has 1 aromatic carbocycles. The van der Waals surface area contributed by atoms with E-state index in [1.54, 1.807) is 30.3 Å². The molecule has 1 fully saturated rings. The van der Waals surface area contributed by atoms with E-state index in [0.717, 1.165) is 0 Å². The molecule has 0 aromatic heterocycles. The minimum absolute atomic E-state index is 0.281. The van der Waals surface area contributed by atoms with E-state index in [-0.39, 0.29) is 5.57 Å². The molecule has 0 radical (unpaired) electrons. The Hall–Kier alpha value is -2.95. The van der Waals surface area contributed by atoms with Gasteiger partial charge in [-0.25, -0.2) is 0 Å². The van der Waals surface area contributed by atoms with Crippen molar-refractivity contribution in [3.8, 4) is 0 Å².